The number of hydrogen-bond donors (Lipinski definition) is 1. The van der Waals surface area contributed by atoms with Crippen LogP contribution in [-0.4, -0.2) is 14.2 Å². The van der Waals surface area contributed by atoms with Crippen LogP contribution in [0.25, 0.3) is 0 Å². The maximum Gasteiger partial charge on any atom is 0.133 e. The van der Waals surface area contributed by atoms with Crippen molar-refractivity contribution in [1.82, 2.24) is 0 Å². The molecule has 0 aromatic heterocycles. The van der Waals surface area contributed by atoms with Gasteiger partial charge in [-0.3, -0.25) is 0 Å². The normalized spacial score (nSPS) is 9.27. The summed E-state index contributed by atoms with van der Waals surface area (Å²) in [6.45, 7) is 0.558. The third-order valence-electron chi connectivity index (χ3n) is 2.73. The Kier molecular flexibility index (Phi) is 7.96. The van der Waals surface area contributed by atoms with Crippen molar-refractivity contribution in [2.75, 3.05) is 14.2 Å². The topological polar surface area (TPSA) is 68.3 Å². The smallest absolute Gasteiger partial charge is 0.133 e. The van der Waals surface area contributed by atoms with E-state index < -0.39 is 0 Å². The Balaban J connectivity index is 0.000000220. The molecular formula is C16H16Br2N2O2. The first-order valence-electron chi connectivity index (χ1n) is 6.31. The number of benzene rings is 2. The van der Waals surface area contributed by atoms with E-state index in [9.17, 15) is 0 Å². The molecule has 116 valence electrons. The molecule has 6 heteroatoms. The number of hydrogen-bond acceptors (Lipinski definition) is 4. The highest BCUT2D eigenvalue weighted by molar-refractivity contribution is 9.10. The summed E-state index contributed by atoms with van der Waals surface area (Å²) < 4.78 is 11.8. The SMILES string of the molecule is COc1ccc(C#N)cc1Br.COc1ccc(CN)cc1Br. The van der Waals surface area contributed by atoms with Crippen LogP contribution in [0, 0.1) is 11.3 Å². The highest BCUT2D eigenvalue weighted by Gasteiger charge is 1.99. The Hall–Kier alpha value is -1.55. The minimum Gasteiger partial charge on any atom is -0.496 e. The fourth-order valence-electron chi connectivity index (χ4n) is 1.57. The number of methoxy groups -OCH3 is 2. The summed E-state index contributed by atoms with van der Waals surface area (Å²) in [6.07, 6.45) is 0. The van der Waals surface area contributed by atoms with Crippen LogP contribution >= 0.6 is 31.9 Å². The van der Waals surface area contributed by atoms with Gasteiger partial charge in [-0.2, -0.15) is 5.26 Å². The van der Waals surface area contributed by atoms with E-state index >= 15 is 0 Å². The summed E-state index contributed by atoms with van der Waals surface area (Å²) in [5.74, 6) is 1.58. The van der Waals surface area contributed by atoms with Crippen LogP contribution in [0.3, 0.4) is 0 Å². The van der Waals surface area contributed by atoms with E-state index in [0.29, 0.717) is 12.1 Å². The maximum atomic E-state index is 8.51. The molecule has 0 spiro atoms. The van der Waals surface area contributed by atoms with Gasteiger partial charge in [-0.05, 0) is 67.8 Å². The van der Waals surface area contributed by atoms with E-state index in [2.05, 4.69) is 31.9 Å². The van der Waals surface area contributed by atoms with Gasteiger partial charge in [-0.1, -0.05) is 6.07 Å². The molecule has 0 saturated carbocycles. The minimum absolute atomic E-state index is 0.558. The monoisotopic (exact) mass is 426 g/mol. The molecule has 0 saturated heterocycles. The lowest BCUT2D eigenvalue weighted by Gasteiger charge is -2.03. The molecule has 0 unspecified atom stereocenters. The fourth-order valence-corrected chi connectivity index (χ4v) is 2.70. The van der Waals surface area contributed by atoms with Gasteiger partial charge in [0.1, 0.15) is 11.5 Å². The van der Waals surface area contributed by atoms with Crippen molar-refractivity contribution in [3.8, 4) is 17.6 Å². The largest absolute Gasteiger partial charge is 0.496 e. The molecule has 0 bridgehead atoms. The molecule has 0 aliphatic heterocycles. The first kappa shape index (κ1) is 18.5. The lowest BCUT2D eigenvalue weighted by Crippen LogP contribution is -1.96. The van der Waals surface area contributed by atoms with Gasteiger partial charge in [0, 0.05) is 6.54 Å². The fraction of sp³-hybridized carbons (Fsp3) is 0.188. The Bertz CT molecular complexity index is 670. The summed E-state index contributed by atoms with van der Waals surface area (Å²) in [5, 5.41) is 8.51. The standard InChI is InChI=1S/C8H10BrNO.C8H6BrNO/c2*1-11-8-3-2-6(5-10)4-7(8)9/h2-4H,5,10H2,1H3;2-4H,1H3. The van der Waals surface area contributed by atoms with E-state index in [1.54, 1.807) is 32.4 Å². The zero-order valence-corrected chi connectivity index (χ0v) is 15.4. The van der Waals surface area contributed by atoms with Crippen LogP contribution < -0.4 is 15.2 Å². The van der Waals surface area contributed by atoms with Crippen LogP contribution in [0.2, 0.25) is 0 Å². The zero-order valence-electron chi connectivity index (χ0n) is 12.3. The Labute approximate surface area is 147 Å². The van der Waals surface area contributed by atoms with Crippen molar-refractivity contribution in [2.24, 2.45) is 5.73 Å². The van der Waals surface area contributed by atoms with Gasteiger partial charge in [-0.15, -0.1) is 0 Å². The third kappa shape index (κ3) is 5.34. The van der Waals surface area contributed by atoms with Gasteiger partial charge in [0.05, 0.1) is 34.8 Å². The van der Waals surface area contributed by atoms with Crippen molar-refractivity contribution in [3.63, 3.8) is 0 Å². The Morgan fingerprint density at radius 1 is 1.00 bits per heavy atom. The van der Waals surface area contributed by atoms with Crippen molar-refractivity contribution >= 4 is 31.9 Å². The molecule has 2 N–H and O–H groups in total. The average molecular weight is 428 g/mol. The first-order valence-corrected chi connectivity index (χ1v) is 7.90. The number of nitriles is 1. The Morgan fingerprint density at radius 3 is 1.95 bits per heavy atom. The summed E-state index contributed by atoms with van der Waals surface area (Å²) >= 11 is 6.64. The van der Waals surface area contributed by atoms with Crippen molar-refractivity contribution in [2.45, 2.75) is 6.54 Å². The van der Waals surface area contributed by atoms with Crippen LogP contribution in [0.15, 0.2) is 45.3 Å². The van der Waals surface area contributed by atoms with Crippen LogP contribution in [0.1, 0.15) is 11.1 Å². The third-order valence-corrected chi connectivity index (χ3v) is 3.97. The van der Waals surface area contributed by atoms with Crippen LogP contribution in [0.5, 0.6) is 11.5 Å². The van der Waals surface area contributed by atoms with Gasteiger partial charge in [-0.25, -0.2) is 0 Å². The molecule has 22 heavy (non-hydrogen) atoms. The van der Waals surface area contributed by atoms with Gasteiger partial charge in [0.15, 0.2) is 0 Å². The summed E-state index contributed by atoms with van der Waals surface area (Å²) in [6, 6.07) is 13.0. The molecule has 0 aliphatic rings. The van der Waals surface area contributed by atoms with Crippen LogP contribution in [0.4, 0.5) is 0 Å². The lowest BCUT2D eigenvalue weighted by molar-refractivity contribution is 0.412. The molecule has 0 fully saturated rings. The molecule has 4 nitrogen and oxygen atoms in total. The summed E-state index contributed by atoms with van der Waals surface area (Å²) in [7, 11) is 3.23. The number of halogens is 2. The molecular weight excluding hydrogens is 412 g/mol. The molecule has 0 heterocycles. The predicted molar refractivity (Wildman–Crippen MR) is 94.0 cm³/mol. The molecule has 2 rings (SSSR count). The quantitative estimate of drug-likeness (QED) is 0.794. The molecule has 2 aromatic rings. The highest BCUT2D eigenvalue weighted by atomic mass is 79.9. The van der Waals surface area contributed by atoms with Gasteiger partial charge in [0.2, 0.25) is 0 Å². The predicted octanol–water partition coefficient (Wildman–Crippen LogP) is 4.25. The summed E-state index contributed by atoms with van der Waals surface area (Å²) in [4.78, 5) is 0. The molecule has 2 aromatic carbocycles. The number of nitrogens with two attached hydrogens (primary N) is 1. The molecule has 0 aliphatic carbocycles. The van der Waals surface area contributed by atoms with Gasteiger partial charge < -0.3 is 15.2 Å². The van der Waals surface area contributed by atoms with Crippen LogP contribution in [-0.2, 0) is 6.54 Å². The average Bonchev–Trinajstić information content (AvgIpc) is 2.55. The highest BCUT2D eigenvalue weighted by Crippen LogP contribution is 2.25. The number of ether oxygens (including phenoxy) is 2. The van der Waals surface area contributed by atoms with Gasteiger partial charge >= 0.3 is 0 Å². The lowest BCUT2D eigenvalue weighted by atomic mass is 10.2. The Morgan fingerprint density at radius 2 is 1.55 bits per heavy atom. The van der Waals surface area contributed by atoms with Crippen molar-refractivity contribution in [3.05, 3.63) is 56.5 Å². The second-order valence-electron chi connectivity index (χ2n) is 4.13. The van der Waals surface area contributed by atoms with E-state index in [4.69, 9.17) is 20.5 Å². The number of rotatable bonds is 3. The zero-order chi connectivity index (χ0) is 16.5. The van der Waals surface area contributed by atoms with E-state index in [-0.39, 0.29) is 0 Å². The van der Waals surface area contributed by atoms with Crippen molar-refractivity contribution < 1.29 is 9.47 Å². The molecule has 0 atom stereocenters. The number of nitrogens with zero attached hydrogens (tertiary/aromatic N) is 1. The first-order chi connectivity index (χ1) is 10.5. The van der Waals surface area contributed by atoms with E-state index in [1.807, 2.05) is 24.3 Å². The van der Waals surface area contributed by atoms with E-state index in [0.717, 1.165) is 26.0 Å². The maximum absolute atomic E-state index is 8.51. The minimum atomic E-state index is 0.558. The van der Waals surface area contributed by atoms with Gasteiger partial charge in [0.25, 0.3) is 0 Å². The second-order valence-corrected chi connectivity index (χ2v) is 5.84. The van der Waals surface area contributed by atoms with Crippen molar-refractivity contribution in [1.29, 1.82) is 5.26 Å². The molecule has 0 radical (unpaired) electrons. The second kappa shape index (κ2) is 9.46. The van der Waals surface area contributed by atoms with E-state index in [1.165, 1.54) is 0 Å². The molecule has 0 amide bonds. The summed E-state index contributed by atoms with van der Waals surface area (Å²) in [5.41, 5.74) is 7.17.